The first kappa shape index (κ1) is 20.1. The summed E-state index contributed by atoms with van der Waals surface area (Å²) in [6.07, 6.45) is 2.29. The summed E-state index contributed by atoms with van der Waals surface area (Å²) in [7, 11) is 2.03. The van der Waals surface area contributed by atoms with Crippen LogP contribution in [0.1, 0.15) is 19.8 Å². The van der Waals surface area contributed by atoms with E-state index in [1.54, 1.807) is 18.2 Å². The van der Waals surface area contributed by atoms with Crippen LogP contribution in [0.5, 0.6) is 0 Å². The number of benzene rings is 1. The Morgan fingerprint density at radius 1 is 1.19 bits per heavy atom. The Bertz CT molecular complexity index is 774. The lowest BCUT2D eigenvalue weighted by Gasteiger charge is -2.16. The Morgan fingerprint density at radius 3 is 2.62 bits per heavy atom. The second-order valence-electron chi connectivity index (χ2n) is 6.23. The van der Waals surface area contributed by atoms with Crippen LogP contribution in [0.2, 0.25) is 5.02 Å². The molecular weight excluding hydrogens is 352 g/mol. The van der Waals surface area contributed by atoms with Crippen LogP contribution in [0.3, 0.4) is 0 Å². The van der Waals surface area contributed by atoms with Gasteiger partial charge in [0, 0.05) is 29.7 Å². The molecule has 6 nitrogen and oxygen atoms in total. The minimum atomic E-state index is -0.307. The summed E-state index contributed by atoms with van der Waals surface area (Å²) >= 11 is 5.89. The van der Waals surface area contributed by atoms with Crippen molar-refractivity contribution in [1.82, 2.24) is 20.0 Å². The second-order valence-corrected chi connectivity index (χ2v) is 6.66. The zero-order valence-electron chi connectivity index (χ0n) is 15.2. The Hall–Kier alpha value is -2.18. The number of rotatable bonds is 9. The number of amides is 1. The van der Waals surface area contributed by atoms with Crippen LogP contribution in [0, 0.1) is 0 Å². The maximum absolute atomic E-state index is 12.1. The lowest BCUT2D eigenvalue weighted by Crippen LogP contribution is -2.37. The normalized spacial score (nSPS) is 10.9. The highest BCUT2D eigenvalue weighted by Gasteiger charge is 2.08. The summed E-state index contributed by atoms with van der Waals surface area (Å²) < 4.78 is 1.18. The highest BCUT2D eigenvalue weighted by atomic mass is 35.5. The van der Waals surface area contributed by atoms with Gasteiger partial charge in [-0.15, -0.1) is 0 Å². The van der Waals surface area contributed by atoms with Crippen LogP contribution < -0.4 is 10.9 Å². The van der Waals surface area contributed by atoms with Gasteiger partial charge in [-0.3, -0.25) is 9.59 Å². The van der Waals surface area contributed by atoms with E-state index in [1.165, 1.54) is 10.7 Å². The van der Waals surface area contributed by atoms with E-state index >= 15 is 0 Å². The number of hydrogen-bond acceptors (Lipinski definition) is 4. The highest BCUT2D eigenvalue weighted by molar-refractivity contribution is 6.30. The summed E-state index contributed by atoms with van der Waals surface area (Å²) in [6, 6.07) is 10.2. The molecule has 26 heavy (non-hydrogen) atoms. The van der Waals surface area contributed by atoms with Gasteiger partial charge in [0.05, 0.1) is 5.69 Å². The van der Waals surface area contributed by atoms with Crippen LogP contribution in [0.15, 0.2) is 41.2 Å². The van der Waals surface area contributed by atoms with E-state index in [9.17, 15) is 9.59 Å². The van der Waals surface area contributed by atoms with Gasteiger partial charge in [-0.2, -0.15) is 5.10 Å². The Labute approximate surface area is 158 Å². The molecule has 0 saturated carbocycles. The summed E-state index contributed by atoms with van der Waals surface area (Å²) in [4.78, 5) is 26.3. The van der Waals surface area contributed by atoms with E-state index in [1.807, 2.05) is 19.2 Å². The van der Waals surface area contributed by atoms with Gasteiger partial charge in [0.1, 0.15) is 6.54 Å². The number of aromatic nitrogens is 2. The standard InChI is InChI=1S/C19H25ClN4O2/c1-3-4-12-23(2)13-11-21-18(25)14-24-19(26)10-9-17(22-24)15-5-7-16(20)8-6-15/h5-10H,3-4,11-14H2,1-2H3,(H,21,25). The van der Waals surface area contributed by atoms with E-state index < -0.39 is 0 Å². The van der Waals surface area contributed by atoms with Gasteiger partial charge in [-0.1, -0.05) is 37.1 Å². The summed E-state index contributed by atoms with van der Waals surface area (Å²) in [6.45, 7) is 4.39. The van der Waals surface area contributed by atoms with E-state index in [0.29, 0.717) is 17.3 Å². The average Bonchev–Trinajstić information content (AvgIpc) is 2.62. The van der Waals surface area contributed by atoms with Crippen molar-refractivity contribution in [1.29, 1.82) is 0 Å². The second kappa shape index (κ2) is 10.1. The minimum absolute atomic E-state index is 0.0983. The SMILES string of the molecule is CCCCN(C)CCNC(=O)Cn1nc(-c2ccc(Cl)cc2)ccc1=O. The van der Waals surface area contributed by atoms with Crippen LogP contribution in [0.25, 0.3) is 11.3 Å². The predicted molar refractivity (Wildman–Crippen MR) is 104 cm³/mol. The van der Waals surface area contributed by atoms with Crippen molar-refractivity contribution < 1.29 is 4.79 Å². The molecule has 1 aromatic heterocycles. The first-order valence-electron chi connectivity index (χ1n) is 8.79. The molecule has 0 aliphatic carbocycles. The van der Waals surface area contributed by atoms with Crippen molar-refractivity contribution in [3.63, 3.8) is 0 Å². The molecule has 1 aromatic carbocycles. The monoisotopic (exact) mass is 376 g/mol. The van der Waals surface area contributed by atoms with Crippen molar-refractivity contribution in [3.8, 4) is 11.3 Å². The van der Waals surface area contributed by atoms with Gasteiger partial charge in [0.2, 0.25) is 5.91 Å². The Morgan fingerprint density at radius 2 is 1.92 bits per heavy atom. The molecular formula is C19H25ClN4O2. The maximum atomic E-state index is 12.1. The summed E-state index contributed by atoms with van der Waals surface area (Å²) in [5, 5.41) is 7.75. The van der Waals surface area contributed by atoms with E-state index in [-0.39, 0.29) is 18.0 Å². The number of nitrogens with zero attached hydrogens (tertiary/aromatic N) is 3. The Kier molecular flexibility index (Phi) is 7.81. The molecule has 140 valence electrons. The molecule has 7 heteroatoms. The molecule has 0 atom stereocenters. The number of halogens is 1. The number of likely N-dealkylation sites (N-methyl/N-ethyl adjacent to an activating group) is 1. The van der Waals surface area contributed by atoms with Gasteiger partial charge in [-0.05, 0) is 38.2 Å². The molecule has 0 fully saturated rings. The van der Waals surface area contributed by atoms with Crippen LogP contribution >= 0.6 is 11.6 Å². The van der Waals surface area contributed by atoms with E-state index in [4.69, 9.17) is 11.6 Å². The van der Waals surface area contributed by atoms with Crippen molar-refractivity contribution in [2.45, 2.75) is 26.3 Å². The highest BCUT2D eigenvalue weighted by Crippen LogP contribution is 2.18. The number of carbonyl (C=O) groups is 1. The molecule has 1 heterocycles. The molecule has 0 aliphatic heterocycles. The van der Waals surface area contributed by atoms with Crippen molar-refractivity contribution in [2.24, 2.45) is 0 Å². The van der Waals surface area contributed by atoms with Gasteiger partial charge < -0.3 is 10.2 Å². The molecule has 2 rings (SSSR count). The van der Waals surface area contributed by atoms with Crippen LogP contribution in [-0.2, 0) is 11.3 Å². The predicted octanol–water partition coefficient (Wildman–Crippen LogP) is 2.41. The third-order valence-electron chi connectivity index (χ3n) is 4.01. The lowest BCUT2D eigenvalue weighted by molar-refractivity contribution is -0.121. The largest absolute Gasteiger partial charge is 0.353 e. The Balaban J connectivity index is 1.94. The van der Waals surface area contributed by atoms with Crippen molar-refractivity contribution in [3.05, 3.63) is 51.8 Å². The molecule has 0 unspecified atom stereocenters. The first-order chi connectivity index (χ1) is 12.5. The van der Waals surface area contributed by atoms with Crippen LogP contribution in [0.4, 0.5) is 0 Å². The van der Waals surface area contributed by atoms with E-state index in [0.717, 1.165) is 31.5 Å². The number of hydrogen-bond donors (Lipinski definition) is 1. The molecule has 0 radical (unpaired) electrons. The van der Waals surface area contributed by atoms with Gasteiger partial charge in [0.15, 0.2) is 0 Å². The molecule has 0 bridgehead atoms. The minimum Gasteiger partial charge on any atom is -0.353 e. The van der Waals surface area contributed by atoms with Gasteiger partial charge >= 0.3 is 0 Å². The lowest BCUT2D eigenvalue weighted by atomic mass is 10.1. The van der Waals surface area contributed by atoms with Crippen molar-refractivity contribution >= 4 is 17.5 Å². The summed E-state index contributed by atoms with van der Waals surface area (Å²) in [5.74, 6) is -0.225. The first-order valence-corrected chi connectivity index (χ1v) is 9.16. The van der Waals surface area contributed by atoms with Crippen LogP contribution in [-0.4, -0.2) is 47.3 Å². The quantitative estimate of drug-likeness (QED) is 0.729. The fraction of sp³-hybridized carbons (Fsp3) is 0.421. The smallest absolute Gasteiger partial charge is 0.267 e. The number of unbranched alkanes of at least 4 members (excludes halogenated alkanes) is 1. The topological polar surface area (TPSA) is 67.2 Å². The third-order valence-corrected chi connectivity index (χ3v) is 4.26. The zero-order chi connectivity index (χ0) is 18.9. The summed E-state index contributed by atoms with van der Waals surface area (Å²) in [5.41, 5.74) is 1.15. The average molecular weight is 377 g/mol. The molecule has 0 saturated heterocycles. The fourth-order valence-electron chi connectivity index (χ4n) is 2.45. The molecule has 1 N–H and O–H groups in total. The molecule has 1 amide bonds. The zero-order valence-corrected chi connectivity index (χ0v) is 16.0. The fourth-order valence-corrected chi connectivity index (χ4v) is 2.58. The van der Waals surface area contributed by atoms with Gasteiger partial charge in [0.25, 0.3) is 5.56 Å². The molecule has 0 aliphatic rings. The van der Waals surface area contributed by atoms with E-state index in [2.05, 4.69) is 22.2 Å². The third kappa shape index (κ3) is 6.28. The van der Waals surface area contributed by atoms with Gasteiger partial charge in [-0.25, -0.2) is 4.68 Å². The molecule has 2 aromatic rings. The number of nitrogens with one attached hydrogen (secondary N) is 1. The maximum Gasteiger partial charge on any atom is 0.267 e. The molecule has 0 spiro atoms. The van der Waals surface area contributed by atoms with Crippen molar-refractivity contribution in [2.75, 3.05) is 26.7 Å². The number of carbonyl (C=O) groups excluding carboxylic acids is 1.